The summed E-state index contributed by atoms with van der Waals surface area (Å²) >= 11 is 1.59. The summed E-state index contributed by atoms with van der Waals surface area (Å²) in [6.45, 7) is 8.38. The van der Waals surface area contributed by atoms with Crippen LogP contribution in [0.25, 0.3) is 0 Å². The lowest BCUT2D eigenvalue weighted by Gasteiger charge is -2.58. The third-order valence-electron chi connectivity index (χ3n) is 8.01. The first-order chi connectivity index (χ1) is 15.7. The number of rotatable bonds is 7. The molecule has 2 aromatic heterocycles. The van der Waals surface area contributed by atoms with Crippen molar-refractivity contribution in [3.63, 3.8) is 0 Å². The molecular formula is C25H34N4O3S. The number of hydrogen-bond acceptors (Lipinski definition) is 7. The third kappa shape index (κ3) is 4.20. The summed E-state index contributed by atoms with van der Waals surface area (Å²) < 4.78 is 0. The second-order valence-electron chi connectivity index (χ2n) is 9.99. The van der Waals surface area contributed by atoms with Crippen LogP contribution in [-0.2, 0) is 11.2 Å². The average molecular weight is 471 g/mol. The number of hydrogen-bond donors (Lipinski definition) is 3. The van der Waals surface area contributed by atoms with Gasteiger partial charge >= 0.3 is 0 Å². The average Bonchev–Trinajstić information content (AvgIpc) is 3.20. The molecule has 0 spiro atoms. The minimum atomic E-state index is -0.625. The van der Waals surface area contributed by atoms with Gasteiger partial charge < -0.3 is 20.4 Å². The quantitative estimate of drug-likeness (QED) is 0.534. The van der Waals surface area contributed by atoms with Crippen molar-refractivity contribution in [2.75, 3.05) is 25.5 Å². The standard InChI is InChI=1S/C25H34N4O3S/c1-5-11-29(4)21(32)12-17-22-18(33-23(28-22)27-16-7-6-10-26-14-16)13-19-24(17,2)9-8-20(31)25(19,3)15-30/h5-7,10,14,17,19-20,30-31H,1,8-9,11-13,15H2,2-4H3,(H,27,28)/t17-,19+,20-,24+,25+/m1/s1. The predicted molar refractivity (Wildman–Crippen MR) is 131 cm³/mol. The largest absolute Gasteiger partial charge is 0.396 e. The highest BCUT2D eigenvalue weighted by Crippen LogP contribution is 2.63. The van der Waals surface area contributed by atoms with Crippen LogP contribution in [0, 0.1) is 16.7 Å². The molecule has 4 rings (SSSR count). The molecule has 3 N–H and O–H groups in total. The number of carbonyl (C=O) groups is 1. The molecule has 2 heterocycles. The molecule has 0 aromatic carbocycles. The van der Waals surface area contributed by atoms with Crippen molar-refractivity contribution in [1.29, 1.82) is 0 Å². The van der Waals surface area contributed by atoms with Crippen molar-refractivity contribution >= 4 is 28.1 Å². The lowest BCUT2D eigenvalue weighted by atomic mass is 9.47. The van der Waals surface area contributed by atoms with Gasteiger partial charge in [0.25, 0.3) is 0 Å². The first-order valence-corrected chi connectivity index (χ1v) is 12.3. The van der Waals surface area contributed by atoms with E-state index in [9.17, 15) is 15.0 Å². The van der Waals surface area contributed by atoms with E-state index >= 15 is 0 Å². The van der Waals surface area contributed by atoms with Gasteiger partial charge in [0.2, 0.25) is 5.91 Å². The van der Waals surface area contributed by atoms with E-state index in [0.29, 0.717) is 19.4 Å². The second-order valence-corrected chi connectivity index (χ2v) is 11.1. The number of nitrogens with one attached hydrogen (secondary N) is 1. The molecule has 7 nitrogen and oxygen atoms in total. The molecule has 1 saturated carbocycles. The lowest BCUT2D eigenvalue weighted by Crippen LogP contribution is -2.57. The molecule has 2 aliphatic carbocycles. The van der Waals surface area contributed by atoms with Crippen LogP contribution in [0.15, 0.2) is 37.2 Å². The van der Waals surface area contributed by atoms with E-state index < -0.39 is 11.5 Å². The molecule has 5 atom stereocenters. The summed E-state index contributed by atoms with van der Waals surface area (Å²) in [6, 6.07) is 3.81. The van der Waals surface area contributed by atoms with E-state index in [1.165, 1.54) is 0 Å². The fourth-order valence-corrected chi connectivity index (χ4v) is 6.97. The van der Waals surface area contributed by atoms with E-state index in [4.69, 9.17) is 4.98 Å². The molecule has 0 bridgehead atoms. The van der Waals surface area contributed by atoms with Crippen molar-refractivity contribution < 1.29 is 15.0 Å². The maximum absolute atomic E-state index is 13.2. The normalized spacial score (nSPS) is 30.8. The number of anilines is 2. The van der Waals surface area contributed by atoms with E-state index in [2.05, 4.69) is 23.8 Å². The Balaban J connectivity index is 1.75. The van der Waals surface area contributed by atoms with Crippen LogP contribution in [0.1, 0.15) is 49.6 Å². The maximum atomic E-state index is 13.2. The van der Waals surface area contributed by atoms with Gasteiger partial charge in [0, 0.05) is 42.4 Å². The highest BCUT2D eigenvalue weighted by atomic mass is 32.1. The topological polar surface area (TPSA) is 98.6 Å². The fourth-order valence-electron chi connectivity index (χ4n) is 5.89. The molecule has 178 valence electrons. The van der Waals surface area contributed by atoms with Crippen molar-refractivity contribution in [3.8, 4) is 0 Å². The lowest BCUT2D eigenvalue weighted by molar-refractivity contribution is -0.146. The number of fused-ring (bicyclic) bond motifs is 2. The molecule has 2 aliphatic rings. The van der Waals surface area contributed by atoms with Gasteiger partial charge in [0.05, 0.1) is 30.3 Å². The Morgan fingerprint density at radius 3 is 2.91 bits per heavy atom. The Labute approximate surface area is 199 Å². The van der Waals surface area contributed by atoms with Crippen LogP contribution in [-0.4, -0.2) is 57.3 Å². The van der Waals surface area contributed by atoms with E-state index in [1.54, 1.807) is 41.8 Å². The molecule has 1 fully saturated rings. The van der Waals surface area contributed by atoms with E-state index in [0.717, 1.165) is 34.2 Å². The summed E-state index contributed by atoms with van der Waals surface area (Å²) in [5, 5.41) is 25.4. The molecular weight excluding hydrogens is 436 g/mol. The van der Waals surface area contributed by atoms with Gasteiger partial charge in [-0.05, 0) is 42.7 Å². The maximum Gasteiger partial charge on any atom is 0.223 e. The summed E-state index contributed by atoms with van der Waals surface area (Å²) in [4.78, 5) is 25.1. The molecule has 0 aliphatic heterocycles. The Bertz CT molecular complexity index is 1010. The number of amides is 1. The summed E-state index contributed by atoms with van der Waals surface area (Å²) in [5.41, 5.74) is 0.955. The number of carbonyl (C=O) groups excluding carboxylic acids is 1. The Hall–Kier alpha value is -2.29. The zero-order valence-electron chi connectivity index (χ0n) is 19.6. The number of nitrogens with zero attached hydrogens (tertiary/aromatic N) is 3. The first kappa shape index (κ1) is 23.9. The summed E-state index contributed by atoms with van der Waals surface area (Å²) in [7, 11) is 1.80. The number of pyridine rings is 1. The highest BCUT2D eigenvalue weighted by molar-refractivity contribution is 7.15. The molecule has 8 heteroatoms. The Morgan fingerprint density at radius 2 is 2.24 bits per heavy atom. The predicted octanol–water partition coefficient (Wildman–Crippen LogP) is 3.73. The Morgan fingerprint density at radius 1 is 1.45 bits per heavy atom. The minimum absolute atomic E-state index is 0.0421. The highest BCUT2D eigenvalue weighted by Gasteiger charge is 2.59. The summed E-state index contributed by atoms with van der Waals surface area (Å²) in [6.07, 6.45) is 7.13. The fraction of sp³-hybridized carbons (Fsp3) is 0.560. The molecule has 1 amide bonds. The zero-order valence-corrected chi connectivity index (χ0v) is 20.4. The number of thiazole rings is 1. The third-order valence-corrected chi connectivity index (χ3v) is 9.02. The smallest absolute Gasteiger partial charge is 0.223 e. The number of aliphatic hydroxyl groups is 2. The SMILES string of the molecule is C=CCN(C)C(=O)C[C@@H]1c2nc(Nc3cccnc3)sc2C[C@@H]2[C@](C)(CO)[C@H](O)CC[C@]21C. The molecule has 33 heavy (non-hydrogen) atoms. The molecule has 0 radical (unpaired) electrons. The van der Waals surface area contributed by atoms with Crippen molar-refractivity contribution in [1.82, 2.24) is 14.9 Å². The van der Waals surface area contributed by atoms with Crippen LogP contribution < -0.4 is 5.32 Å². The van der Waals surface area contributed by atoms with Crippen LogP contribution in [0.5, 0.6) is 0 Å². The molecule has 2 aromatic rings. The number of aromatic nitrogens is 2. The Kier molecular flexibility index (Phi) is 6.62. The van der Waals surface area contributed by atoms with Gasteiger partial charge in [-0.15, -0.1) is 17.9 Å². The number of aliphatic hydroxyl groups excluding tert-OH is 2. The van der Waals surface area contributed by atoms with Crippen LogP contribution in [0.2, 0.25) is 0 Å². The van der Waals surface area contributed by atoms with Crippen LogP contribution in [0.3, 0.4) is 0 Å². The van der Waals surface area contributed by atoms with Gasteiger partial charge in [-0.1, -0.05) is 19.9 Å². The first-order valence-electron chi connectivity index (χ1n) is 11.5. The van der Waals surface area contributed by atoms with Crippen molar-refractivity contribution in [2.24, 2.45) is 16.7 Å². The van der Waals surface area contributed by atoms with Gasteiger partial charge in [0.15, 0.2) is 5.13 Å². The van der Waals surface area contributed by atoms with E-state index in [1.807, 2.05) is 19.1 Å². The van der Waals surface area contributed by atoms with E-state index in [-0.39, 0.29) is 29.8 Å². The van der Waals surface area contributed by atoms with Crippen LogP contribution in [0.4, 0.5) is 10.8 Å². The molecule has 0 unspecified atom stereocenters. The monoisotopic (exact) mass is 470 g/mol. The van der Waals surface area contributed by atoms with Gasteiger partial charge in [-0.3, -0.25) is 9.78 Å². The minimum Gasteiger partial charge on any atom is -0.396 e. The van der Waals surface area contributed by atoms with Gasteiger partial charge in [0.1, 0.15) is 0 Å². The van der Waals surface area contributed by atoms with Crippen molar-refractivity contribution in [2.45, 2.75) is 51.6 Å². The zero-order chi connectivity index (χ0) is 23.8. The second kappa shape index (κ2) is 9.16. The van der Waals surface area contributed by atoms with Crippen molar-refractivity contribution in [3.05, 3.63) is 47.8 Å². The van der Waals surface area contributed by atoms with Gasteiger partial charge in [-0.25, -0.2) is 4.98 Å². The summed E-state index contributed by atoms with van der Waals surface area (Å²) in [5.74, 6) is 0.00450. The van der Waals surface area contributed by atoms with Crippen LogP contribution >= 0.6 is 11.3 Å². The molecule has 0 saturated heterocycles. The number of likely N-dealkylation sites (N-methyl/N-ethyl adjacent to an activating group) is 1. The van der Waals surface area contributed by atoms with Gasteiger partial charge in [-0.2, -0.15) is 0 Å².